The maximum absolute atomic E-state index is 14.6. The molecule has 1 unspecified atom stereocenters. The standard InChI is InChI=1S/C21H30F2N2O4S/c22-21(23,20(27)11-5-2-6-12-20)16-24-19(26)18-10-7-13-25(14-18)30(28,29)15-17-8-3-1-4-9-17/h1,3-4,8-9,18,27H,2,5-7,10-16H2,(H,24,26). The van der Waals surface area contributed by atoms with Crippen LogP contribution in [0.15, 0.2) is 30.3 Å². The van der Waals surface area contributed by atoms with E-state index in [-0.39, 0.29) is 25.1 Å². The number of nitrogens with zero attached hydrogens (tertiary/aromatic N) is 1. The first-order chi connectivity index (χ1) is 14.1. The first-order valence-electron chi connectivity index (χ1n) is 10.5. The minimum absolute atomic E-state index is 0.0170. The number of amides is 1. The van der Waals surface area contributed by atoms with Gasteiger partial charge in [0.1, 0.15) is 5.60 Å². The van der Waals surface area contributed by atoms with Gasteiger partial charge in [0.15, 0.2) is 0 Å². The highest BCUT2D eigenvalue weighted by Crippen LogP contribution is 2.40. The number of alkyl halides is 2. The molecule has 168 valence electrons. The van der Waals surface area contributed by atoms with Crippen molar-refractivity contribution in [3.8, 4) is 0 Å². The quantitative estimate of drug-likeness (QED) is 0.677. The van der Waals surface area contributed by atoms with Gasteiger partial charge in [-0.15, -0.1) is 0 Å². The molecule has 2 fully saturated rings. The lowest BCUT2D eigenvalue weighted by atomic mass is 9.80. The van der Waals surface area contributed by atoms with Gasteiger partial charge < -0.3 is 10.4 Å². The zero-order chi connectivity index (χ0) is 21.8. The van der Waals surface area contributed by atoms with Crippen molar-refractivity contribution in [1.29, 1.82) is 0 Å². The number of nitrogens with one attached hydrogen (secondary N) is 1. The number of carbonyl (C=O) groups is 1. The molecule has 1 aromatic rings. The molecule has 3 rings (SSSR count). The number of benzene rings is 1. The molecule has 0 aromatic heterocycles. The second-order valence-electron chi connectivity index (χ2n) is 8.45. The lowest BCUT2D eigenvalue weighted by Gasteiger charge is -2.39. The van der Waals surface area contributed by atoms with Crippen molar-refractivity contribution in [2.75, 3.05) is 19.6 Å². The summed E-state index contributed by atoms with van der Waals surface area (Å²) in [6.45, 7) is -0.638. The minimum atomic E-state index is -3.61. The highest BCUT2D eigenvalue weighted by Gasteiger charge is 2.52. The Hall–Kier alpha value is -1.58. The fraction of sp³-hybridized carbons (Fsp3) is 0.667. The Morgan fingerprint density at radius 3 is 2.50 bits per heavy atom. The van der Waals surface area contributed by atoms with Crippen molar-refractivity contribution in [1.82, 2.24) is 9.62 Å². The molecule has 1 aliphatic carbocycles. The van der Waals surface area contributed by atoms with Crippen molar-refractivity contribution in [2.24, 2.45) is 5.92 Å². The zero-order valence-corrected chi connectivity index (χ0v) is 17.8. The number of aliphatic hydroxyl groups is 1. The van der Waals surface area contributed by atoms with Gasteiger partial charge in [-0.2, -0.15) is 0 Å². The Morgan fingerprint density at radius 2 is 1.83 bits per heavy atom. The molecule has 0 spiro atoms. The van der Waals surface area contributed by atoms with Crippen molar-refractivity contribution in [3.63, 3.8) is 0 Å². The largest absolute Gasteiger partial charge is 0.384 e. The fourth-order valence-electron chi connectivity index (χ4n) is 4.29. The van der Waals surface area contributed by atoms with Gasteiger partial charge in [-0.25, -0.2) is 21.5 Å². The summed E-state index contributed by atoms with van der Waals surface area (Å²) in [4.78, 5) is 12.5. The highest BCUT2D eigenvalue weighted by molar-refractivity contribution is 7.88. The molecule has 2 aliphatic rings. The number of hydrogen-bond donors (Lipinski definition) is 2. The van der Waals surface area contributed by atoms with Crippen LogP contribution in [0, 0.1) is 5.92 Å². The van der Waals surface area contributed by atoms with Gasteiger partial charge in [-0.3, -0.25) is 4.79 Å². The van der Waals surface area contributed by atoms with Crippen LogP contribution in [0.2, 0.25) is 0 Å². The molecule has 6 nitrogen and oxygen atoms in total. The topological polar surface area (TPSA) is 86.7 Å². The molecule has 1 atom stereocenters. The van der Waals surface area contributed by atoms with Crippen molar-refractivity contribution >= 4 is 15.9 Å². The monoisotopic (exact) mass is 444 g/mol. The first kappa shape index (κ1) is 23.1. The van der Waals surface area contributed by atoms with Crippen LogP contribution in [0.5, 0.6) is 0 Å². The Labute approximate surface area is 176 Å². The summed E-state index contributed by atoms with van der Waals surface area (Å²) < 4.78 is 55.9. The van der Waals surface area contributed by atoms with Crippen molar-refractivity contribution in [2.45, 2.75) is 62.2 Å². The summed E-state index contributed by atoms with van der Waals surface area (Å²) >= 11 is 0. The van der Waals surface area contributed by atoms with Gasteiger partial charge in [-0.05, 0) is 31.2 Å². The SMILES string of the molecule is O=C(NCC(F)(F)C1(O)CCCCC1)C1CCCN(S(=O)(=O)Cc2ccccc2)C1. The lowest BCUT2D eigenvalue weighted by molar-refractivity contribution is -0.193. The number of carbonyl (C=O) groups excluding carboxylic acids is 1. The zero-order valence-electron chi connectivity index (χ0n) is 17.0. The summed E-state index contributed by atoms with van der Waals surface area (Å²) in [5.74, 6) is -4.85. The Bertz CT molecular complexity index is 827. The van der Waals surface area contributed by atoms with E-state index in [1.54, 1.807) is 30.3 Å². The third kappa shape index (κ3) is 5.36. The second-order valence-corrected chi connectivity index (χ2v) is 10.4. The van der Waals surface area contributed by atoms with Crippen molar-refractivity contribution < 1.29 is 27.1 Å². The van der Waals surface area contributed by atoms with E-state index in [2.05, 4.69) is 5.32 Å². The van der Waals surface area contributed by atoms with Crippen LogP contribution < -0.4 is 5.32 Å². The average molecular weight is 445 g/mol. The maximum Gasteiger partial charge on any atom is 0.293 e. The van der Waals surface area contributed by atoms with E-state index < -0.39 is 39.9 Å². The number of sulfonamides is 1. The van der Waals surface area contributed by atoms with E-state index in [4.69, 9.17) is 0 Å². The van der Waals surface area contributed by atoms with E-state index >= 15 is 0 Å². The van der Waals surface area contributed by atoms with E-state index in [0.29, 0.717) is 37.8 Å². The third-order valence-electron chi connectivity index (χ3n) is 6.19. The highest BCUT2D eigenvalue weighted by atomic mass is 32.2. The summed E-state index contributed by atoms with van der Waals surface area (Å²) in [6, 6.07) is 8.78. The lowest BCUT2D eigenvalue weighted by Crippen LogP contribution is -2.56. The van der Waals surface area contributed by atoms with Crippen LogP contribution in [0.1, 0.15) is 50.5 Å². The molecule has 1 aliphatic heterocycles. The third-order valence-corrected chi connectivity index (χ3v) is 8.00. The minimum Gasteiger partial charge on any atom is -0.384 e. The molecular weight excluding hydrogens is 414 g/mol. The molecule has 0 bridgehead atoms. The number of rotatable bonds is 7. The van der Waals surface area contributed by atoms with E-state index in [9.17, 15) is 27.1 Å². The molecule has 1 aromatic carbocycles. The summed E-state index contributed by atoms with van der Waals surface area (Å²) in [6.07, 6.45) is 2.87. The van der Waals surface area contributed by atoms with Gasteiger partial charge in [0, 0.05) is 13.1 Å². The summed E-state index contributed by atoms with van der Waals surface area (Å²) in [5.41, 5.74) is -1.43. The van der Waals surface area contributed by atoms with Crippen LogP contribution in [-0.4, -0.2) is 54.9 Å². The molecule has 2 N–H and O–H groups in total. The Balaban J connectivity index is 1.57. The molecule has 9 heteroatoms. The molecule has 30 heavy (non-hydrogen) atoms. The average Bonchev–Trinajstić information content (AvgIpc) is 2.73. The van der Waals surface area contributed by atoms with E-state index in [0.717, 1.165) is 6.42 Å². The van der Waals surface area contributed by atoms with Crippen LogP contribution in [0.4, 0.5) is 8.78 Å². The summed E-state index contributed by atoms with van der Waals surface area (Å²) in [5, 5.41) is 12.6. The fourth-order valence-corrected chi connectivity index (χ4v) is 5.91. The molecule has 1 saturated heterocycles. The van der Waals surface area contributed by atoms with Crippen LogP contribution in [0.3, 0.4) is 0 Å². The predicted octanol–water partition coefficient (Wildman–Crippen LogP) is 2.68. The van der Waals surface area contributed by atoms with Crippen molar-refractivity contribution in [3.05, 3.63) is 35.9 Å². The van der Waals surface area contributed by atoms with E-state index in [1.165, 1.54) is 4.31 Å². The van der Waals surface area contributed by atoms with Gasteiger partial charge in [0.25, 0.3) is 5.92 Å². The number of hydrogen-bond acceptors (Lipinski definition) is 4. The Kier molecular flexibility index (Phi) is 7.14. The first-order valence-corrected chi connectivity index (χ1v) is 12.1. The molecule has 1 amide bonds. The van der Waals surface area contributed by atoms with Gasteiger partial charge in [-0.1, -0.05) is 49.6 Å². The normalized spacial score (nSPS) is 23.1. The predicted molar refractivity (Wildman–Crippen MR) is 109 cm³/mol. The van der Waals surface area contributed by atoms with Crippen LogP contribution in [-0.2, 0) is 20.6 Å². The van der Waals surface area contributed by atoms with Crippen LogP contribution >= 0.6 is 0 Å². The van der Waals surface area contributed by atoms with Gasteiger partial charge in [0.2, 0.25) is 15.9 Å². The van der Waals surface area contributed by atoms with Gasteiger partial charge >= 0.3 is 0 Å². The van der Waals surface area contributed by atoms with Crippen LogP contribution in [0.25, 0.3) is 0 Å². The molecule has 1 saturated carbocycles. The molecule has 1 heterocycles. The summed E-state index contributed by atoms with van der Waals surface area (Å²) in [7, 11) is -3.61. The van der Waals surface area contributed by atoms with E-state index in [1.807, 2.05) is 0 Å². The van der Waals surface area contributed by atoms with Gasteiger partial charge in [0.05, 0.1) is 18.2 Å². The maximum atomic E-state index is 14.6. The smallest absolute Gasteiger partial charge is 0.293 e. The molecular formula is C21H30F2N2O4S. The number of halogens is 2. The Morgan fingerprint density at radius 1 is 1.17 bits per heavy atom. The molecule has 0 radical (unpaired) electrons. The second kappa shape index (κ2) is 9.28. The number of piperidine rings is 1.